The van der Waals surface area contributed by atoms with Gasteiger partial charge in [-0.25, -0.2) is 9.97 Å². The van der Waals surface area contributed by atoms with Gasteiger partial charge in [0.15, 0.2) is 5.82 Å². The zero-order valence-corrected chi connectivity index (χ0v) is 18.1. The molecular formula is C23H23F3N4O2. The van der Waals surface area contributed by atoms with Crippen molar-refractivity contribution in [1.29, 1.82) is 0 Å². The highest BCUT2D eigenvalue weighted by atomic mass is 19.4. The Morgan fingerprint density at radius 2 is 1.94 bits per heavy atom. The van der Waals surface area contributed by atoms with E-state index < -0.39 is 6.36 Å². The first-order chi connectivity index (χ1) is 15.1. The van der Waals surface area contributed by atoms with Gasteiger partial charge in [0.2, 0.25) is 5.91 Å². The van der Waals surface area contributed by atoms with Crippen LogP contribution in [0.3, 0.4) is 0 Å². The second-order valence-electron chi connectivity index (χ2n) is 7.29. The molecule has 0 N–H and O–H groups in total. The average Bonchev–Trinajstić information content (AvgIpc) is 3.04. The number of aromatic nitrogens is 2. The monoisotopic (exact) mass is 444 g/mol. The summed E-state index contributed by atoms with van der Waals surface area (Å²) in [7, 11) is 1.77. The van der Waals surface area contributed by atoms with Crippen molar-refractivity contribution < 1.29 is 22.7 Å². The maximum Gasteiger partial charge on any atom is 0.573 e. The second-order valence-corrected chi connectivity index (χ2v) is 7.29. The molecule has 2 heterocycles. The number of halogens is 3. The topological polar surface area (TPSA) is 58.6 Å². The first-order valence-corrected chi connectivity index (χ1v) is 10.0. The van der Waals surface area contributed by atoms with Gasteiger partial charge in [-0.05, 0) is 37.6 Å². The quantitative estimate of drug-likeness (QED) is 0.388. The number of benzene rings is 1. The molecule has 1 aliphatic rings. The summed E-state index contributed by atoms with van der Waals surface area (Å²) in [5.41, 5.74) is 2.39. The minimum atomic E-state index is -4.76. The molecule has 168 valence electrons. The molecule has 1 aromatic carbocycles. The smallest absolute Gasteiger partial charge is 0.406 e. The van der Waals surface area contributed by atoms with Gasteiger partial charge >= 0.3 is 6.36 Å². The molecule has 0 aliphatic carbocycles. The fraction of sp³-hybridized carbons (Fsp3) is 0.348. The molecule has 6 nitrogen and oxygen atoms in total. The van der Waals surface area contributed by atoms with Gasteiger partial charge in [-0.3, -0.25) is 9.69 Å². The van der Waals surface area contributed by atoms with Crippen molar-refractivity contribution in [3.8, 4) is 29.0 Å². The van der Waals surface area contributed by atoms with E-state index in [1.165, 1.54) is 24.3 Å². The summed E-state index contributed by atoms with van der Waals surface area (Å²) in [4.78, 5) is 24.8. The first kappa shape index (κ1) is 23.1. The number of rotatable bonds is 5. The summed E-state index contributed by atoms with van der Waals surface area (Å²) in [5, 5.41) is 0. The van der Waals surface area contributed by atoms with Crippen LogP contribution in [0.5, 0.6) is 5.75 Å². The van der Waals surface area contributed by atoms with Gasteiger partial charge < -0.3 is 9.64 Å². The largest absolute Gasteiger partial charge is 0.573 e. The number of ether oxygens (including phenoxy) is 1. The highest BCUT2D eigenvalue weighted by Crippen LogP contribution is 2.31. The summed E-state index contributed by atoms with van der Waals surface area (Å²) >= 11 is 0. The van der Waals surface area contributed by atoms with Crippen molar-refractivity contribution in [2.24, 2.45) is 0 Å². The number of hydrogen-bond donors (Lipinski definition) is 0. The Kier molecular flexibility index (Phi) is 6.72. The average molecular weight is 444 g/mol. The summed E-state index contributed by atoms with van der Waals surface area (Å²) in [6, 6.07) is 8.47. The van der Waals surface area contributed by atoms with E-state index in [4.69, 9.17) is 0 Å². The van der Waals surface area contributed by atoms with Gasteiger partial charge in [-0.15, -0.1) is 13.2 Å². The number of carbonyl (C=O) groups excluding carboxylic acids is 1. The summed E-state index contributed by atoms with van der Waals surface area (Å²) in [6.07, 6.45) is -3.51. The Hall–Kier alpha value is -3.54. The Bertz CT molecular complexity index is 1090. The zero-order valence-electron chi connectivity index (χ0n) is 18.1. The van der Waals surface area contributed by atoms with Crippen LogP contribution in [0.15, 0.2) is 36.4 Å². The van der Waals surface area contributed by atoms with E-state index in [2.05, 4.69) is 33.2 Å². The molecule has 32 heavy (non-hydrogen) atoms. The summed E-state index contributed by atoms with van der Waals surface area (Å²) in [6.45, 7) is 8.25. The zero-order chi connectivity index (χ0) is 23.5. The number of hydrogen-bond acceptors (Lipinski definition) is 5. The number of amides is 1. The fourth-order valence-electron chi connectivity index (χ4n) is 3.32. The normalized spacial score (nSPS) is 13.8. The van der Waals surface area contributed by atoms with Crippen LogP contribution in [0.2, 0.25) is 0 Å². The molecular weight excluding hydrogens is 421 g/mol. The van der Waals surface area contributed by atoms with Gasteiger partial charge in [0.25, 0.3) is 0 Å². The third-order valence-electron chi connectivity index (χ3n) is 4.87. The maximum absolute atomic E-state index is 12.5. The minimum Gasteiger partial charge on any atom is -0.406 e. The highest BCUT2D eigenvalue weighted by molar-refractivity contribution is 5.94. The van der Waals surface area contributed by atoms with E-state index in [1.807, 2.05) is 13.8 Å². The molecule has 0 unspecified atom stereocenters. The molecule has 0 bridgehead atoms. The van der Waals surface area contributed by atoms with Crippen LogP contribution < -0.4 is 9.64 Å². The second kappa shape index (κ2) is 9.30. The lowest BCUT2D eigenvalue weighted by Gasteiger charge is -2.20. The van der Waals surface area contributed by atoms with Crippen molar-refractivity contribution in [3.05, 3.63) is 47.8 Å². The van der Waals surface area contributed by atoms with Crippen LogP contribution >= 0.6 is 0 Å². The van der Waals surface area contributed by atoms with Gasteiger partial charge in [0.1, 0.15) is 11.6 Å². The highest BCUT2D eigenvalue weighted by Gasteiger charge is 2.31. The lowest BCUT2D eigenvalue weighted by molar-refractivity contribution is -0.274. The molecule has 9 heteroatoms. The van der Waals surface area contributed by atoms with Crippen LogP contribution in [0.1, 0.15) is 31.2 Å². The van der Waals surface area contributed by atoms with Gasteiger partial charge in [0.05, 0.1) is 12.2 Å². The molecule has 1 aliphatic heterocycles. The molecule has 2 aromatic rings. The lowest BCUT2D eigenvalue weighted by Crippen LogP contribution is -2.26. The lowest BCUT2D eigenvalue weighted by atomic mass is 10.1. The Balaban J connectivity index is 2.01. The number of anilines is 1. The standard InChI is InChI=1S/C23H23F3N4O2/c1-5-6-12-29(4)21-16(3)20(17-7-9-18(10-8-17)32-23(24,25)26)27-19(28-21)14-30-13-11-15(2)22(30)31/h7-10H,2,5,11,13-14H2,1,3-4H3. The van der Waals surface area contributed by atoms with Crippen LogP contribution in [-0.2, 0) is 11.3 Å². The van der Waals surface area contributed by atoms with E-state index in [0.29, 0.717) is 53.4 Å². The van der Waals surface area contributed by atoms with Gasteiger partial charge in [-0.1, -0.05) is 19.4 Å². The molecule has 1 fully saturated rings. The molecule has 0 spiro atoms. The van der Waals surface area contributed by atoms with Crippen LogP contribution in [0, 0.1) is 18.9 Å². The van der Waals surface area contributed by atoms with Crippen LogP contribution in [0.25, 0.3) is 11.3 Å². The molecule has 1 saturated heterocycles. The van der Waals surface area contributed by atoms with Crippen molar-refractivity contribution in [3.63, 3.8) is 0 Å². The third kappa shape index (κ3) is 5.38. The fourth-order valence-corrected chi connectivity index (χ4v) is 3.32. The Morgan fingerprint density at radius 1 is 1.25 bits per heavy atom. The van der Waals surface area contributed by atoms with E-state index in [-0.39, 0.29) is 18.2 Å². The van der Waals surface area contributed by atoms with Crippen molar-refractivity contribution in [1.82, 2.24) is 14.9 Å². The number of alkyl halides is 3. The molecule has 0 radical (unpaired) electrons. The third-order valence-corrected chi connectivity index (χ3v) is 4.87. The van der Waals surface area contributed by atoms with E-state index >= 15 is 0 Å². The predicted molar refractivity (Wildman–Crippen MR) is 115 cm³/mol. The first-order valence-electron chi connectivity index (χ1n) is 10.0. The van der Waals surface area contributed by atoms with Gasteiger partial charge in [0, 0.05) is 42.8 Å². The number of carbonyl (C=O) groups is 1. The van der Waals surface area contributed by atoms with E-state index in [9.17, 15) is 18.0 Å². The molecule has 3 rings (SSSR count). The van der Waals surface area contributed by atoms with Crippen LogP contribution in [0.4, 0.5) is 19.0 Å². The van der Waals surface area contributed by atoms with E-state index in [0.717, 1.165) is 0 Å². The van der Waals surface area contributed by atoms with Crippen molar-refractivity contribution in [2.75, 3.05) is 18.5 Å². The SMILES string of the molecule is C=C1CCN(Cc2nc(-c3ccc(OC(F)(F)F)cc3)c(C)c(N(C)C#CCC)n2)C1=O. The maximum atomic E-state index is 12.5. The van der Waals surface area contributed by atoms with E-state index in [1.54, 1.807) is 16.8 Å². The molecule has 0 atom stereocenters. The summed E-state index contributed by atoms with van der Waals surface area (Å²) in [5.74, 6) is 3.50. The minimum absolute atomic E-state index is 0.134. The molecule has 1 aromatic heterocycles. The molecule has 1 amide bonds. The summed E-state index contributed by atoms with van der Waals surface area (Å²) < 4.78 is 41.4. The molecule has 0 saturated carbocycles. The Labute approximate surface area is 184 Å². The predicted octanol–water partition coefficient (Wildman–Crippen LogP) is 4.45. The van der Waals surface area contributed by atoms with Gasteiger partial charge in [-0.2, -0.15) is 0 Å². The van der Waals surface area contributed by atoms with Crippen molar-refractivity contribution >= 4 is 11.7 Å². The number of likely N-dealkylation sites (tertiary alicyclic amines) is 1. The van der Waals surface area contributed by atoms with Crippen molar-refractivity contribution in [2.45, 2.75) is 39.6 Å². The Morgan fingerprint density at radius 3 is 2.50 bits per heavy atom. The van der Waals surface area contributed by atoms with Crippen LogP contribution in [-0.4, -0.2) is 40.7 Å². The number of nitrogens with zero attached hydrogens (tertiary/aromatic N) is 4.